The van der Waals surface area contributed by atoms with E-state index in [9.17, 15) is 9.18 Å². The average Bonchev–Trinajstić information content (AvgIpc) is 2.78. The molecule has 5 heteroatoms. The van der Waals surface area contributed by atoms with Crippen LogP contribution in [0, 0.1) is 12.7 Å². The highest BCUT2D eigenvalue weighted by Gasteiger charge is 2.08. The Morgan fingerprint density at radius 2 is 2.22 bits per heavy atom. The number of aryl methyl sites for hydroxylation is 1. The van der Waals surface area contributed by atoms with Crippen molar-refractivity contribution in [1.82, 2.24) is 10.3 Å². The predicted octanol–water partition coefficient (Wildman–Crippen LogP) is 2.56. The Kier molecular flexibility index (Phi) is 4.04. The molecule has 1 aromatic carbocycles. The van der Waals surface area contributed by atoms with Crippen LogP contribution < -0.4 is 5.32 Å². The van der Waals surface area contributed by atoms with Crippen LogP contribution in [-0.2, 0) is 6.42 Å². The van der Waals surface area contributed by atoms with Gasteiger partial charge in [0.1, 0.15) is 10.7 Å². The molecular formula is C13H13FN2OS. The molecule has 0 radical (unpaired) electrons. The van der Waals surface area contributed by atoms with Crippen LogP contribution in [0.2, 0.25) is 0 Å². The third kappa shape index (κ3) is 3.13. The van der Waals surface area contributed by atoms with Gasteiger partial charge in [-0.25, -0.2) is 9.37 Å². The van der Waals surface area contributed by atoms with Gasteiger partial charge in [0.05, 0.1) is 11.2 Å². The fraction of sp³-hybridized carbons (Fsp3) is 0.231. The van der Waals surface area contributed by atoms with Crippen molar-refractivity contribution in [3.05, 3.63) is 51.7 Å². The highest BCUT2D eigenvalue weighted by molar-refractivity contribution is 7.13. The van der Waals surface area contributed by atoms with Crippen LogP contribution in [0.5, 0.6) is 0 Å². The van der Waals surface area contributed by atoms with Crippen LogP contribution >= 0.6 is 11.3 Å². The second-order valence-corrected chi connectivity index (χ2v) is 5.08. The van der Waals surface area contributed by atoms with Gasteiger partial charge in [0, 0.05) is 6.54 Å². The Morgan fingerprint density at radius 3 is 2.89 bits per heavy atom. The SMILES string of the molecule is Cc1ncc(C(=O)NCCc2ccccc2F)s1. The van der Waals surface area contributed by atoms with Gasteiger partial charge in [0.2, 0.25) is 0 Å². The largest absolute Gasteiger partial charge is 0.351 e. The third-order valence-corrected chi connectivity index (χ3v) is 3.39. The smallest absolute Gasteiger partial charge is 0.263 e. The molecule has 0 unspecified atom stereocenters. The minimum Gasteiger partial charge on any atom is -0.351 e. The zero-order chi connectivity index (χ0) is 13.0. The summed E-state index contributed by atoms with van der Waals surface area (Å²) in [5, 5.41) is 3.61. The quantitative estimate of drug-likeness (QED) is 0.922. The first-order chi connectivity index (χ1) is 8.66. The van der Waals surface area contributed by atoms with Crippen molar-refractivity contribution in [1.29, 1.82) is 0 Å². The van der Waals surface area contributed by atoms with E-state index in [0.29, 0.717) is 23.4 Å². The third-order valence-electron chi connectivity index (χ3n) is 2.48. The summed E-state index contributed by atoms with van der Waals surface area (Å²) < 4.78 is 13.3. The number of carbonyl (C=O) groups excluding carboxylic acids is 1. The van der Waals surface area contributed by atoms with Crippen molar-refractivity contribution in [2.24, 2.45) is 0 Å². The van der Waals surface area contributed by atoms with Crippen molar-refractivity contribution in [2.75, 3.05) is 6.54 Å². The number of carbonyl (C=O) groups is 1. The molecule has 0 aliphatic rings. The summed E-state index contributed by atoms with van der Waals surface area (Å²) in [7, 11) is 0. The van der Waals surface area contributed by atoms with Crippen molar-refractivity contribution in [2.45, 2.75) is 13.3 Å². The second kappa shape index (κ2) is 5.73. The second-order valence-electron chi connectivity index (χ2n) is 3.84. The van der Waals surface area contributed by atoms with E-state index in [1.807, 2.05) is 6.92 Å². The van der Waals surface area contributed by atoms with Crippen molar-refractivity contribution < 1.29 is 9.18 Å². The normalized spacial score (nSPS) is 10.3. The van der Waals surface area contributed by atoms with Gasteiger partial charge in [-0.2, -0.15) is 0 Å². The molecule has 0 spiro atoms. The lowest BCUT2D eigenvalue weighted by Crippen LogP contribution is -2.25. The lowest BCUT2D eigenvalue weighted by molar-refractivity contribution is 0.0958. The fourth-order valence-electron chi connectivity index (χ4n) is 1.57. The Labute approximate surface area is 109 Å². The van der Waals surface area contributed by atoms with Crippen LogP contribution in [0.4, 0.5) is 4.39 Å². The first-order valence-electron chi connectivity index (χ1n) is 5.61. The Bertz CT molecular complexity index is 553. The van der Waals surface area contributed by atoms with Gasteiger partial charge in [0.25, 0.3) is 5.91 Å². The summed E-state index contributed by atoms with van der Waals surface area (Å²) in [6.07, 6.45) is 2.04. The highest BCUT2D eigenvalue weighted by atomic mass is 32.1. The molecule has 0 atom stereocenters. The van der Waals surface area contributed by atoms with E-state index < -0.39 is 0 Å². The maximum absolute atomic E-state index is 13.3. The highest BCUT2D eigenvalue weighted by Crippen LogP contribution is 2.11. The zero-order valence-electron chi connectivity index (χ0n) is 9.94. The average molecular weight is 264 g/mol. The van der Waals surface area contributed by atoms with Gasteiger partial charge in [-0.1, -0.05) is 18.2 Å². The van der Waals surface area contributed by atoms with Gasteiger partial charge >= 0.3 is 0 Å². The monoisotopic (exact) mass is 264 g/mol. The molecule has 0 bridgehead atoms. The van der Waals surface area contributed by atoms with Gasteiger partial charge in [-0.05, 0) is 25.0 Å². The van der Waals surface area contributed by atoms with Crippen molar-refractivity contribution in [3.8, 4) is 0 Å². The van der Waals surface area contributed by atoms with Crippen LogP contribution in [0.1, 0.15) is 20.2 Å². The summed E-state index contributed by atoms with van der Waals surface area (Å²) in [4.78, 5) is 16.3. The van der Waals surface area contributed by atoms with E-state index in [0.717, 1.165) is 5.01 Å². The van der Waals surface area contributed by atoms with Gasteiger partial charge in [0.15, 0.2) is 0 Å². The summed E-state index contributed by atoms with van der Waals surface area (Å²) in [6.45, 7) is 2.26. The molecule has 0 saturated heterocycles. The summed E-state index contributed by atoms with van der Waals surface area (Å²) >= 11 is 1.35. The number of benzene rings is 1. The molecule has 18 heavy (non-hydrogen) atoms. The first kappa shape index (κ1) is 12.7. The minimum atomic E-state index is -0.236. The minimum absolute atomic E-state index is 0.156. The van der Waals surface area contributed by atoms with E-state index in [4.69, 9.17) is 0 Å². The Morgan fingerprint density at radius 1 is 1.44 bits per heavy atom. The maximum Gasteiger partial charge on any atom is 0.263 e. The topological polar surface area (TPSA) is 42.0 Å². The zero-order valence-corrected chi connectivity index (χ0v) is 10.8. The molecule has 2 rings (SSSR count). The number of rotatable bonds is 4. The molecule has 1 N–H and O–H groups in total. The Balaban J connectivity index is 1.86. The standard InChI is InChI=1S/C13H13FN2OS/c1-9-16-8-12(18-9)13(17)15-7-6-10-4-2-3-5-11(10)14/h2-5,8H,6-7H2,1H3,(H,15,17). The molecule has 1 aromatic heterocycles. The van der Waals surface area contributed by atoms with E-state index in [-0.39, 0.29) is 11.7 Å². The van der Waals surface area contributed by atoms with Crippen LogP contribution in [0.15, 0.2) is 30.5 Å². The molecule has 3 nitrogen and oxygen atoms in total. The van der Waals surface area contributed by atoms with E-state index >= 15 is 0 Å². The summed E-state index contributed by atoms with van der Waals surface area (Å²) in [5.74, 6) is -0.391. The number of halogens is 1. The van der Waals surface area contributed by atoms with Crippen molar-refractivity contribution in [3.63, 3.8) is 0 Å². The number of nitrogens with zero attached hydrogens (tertiary/aromatic N) is 1. The molecule has 0 aliphatic heterocycles. The van der Waals surface area contributed by atoms with Gasteiger partial charge in [-0.15, -0.1) is 11.3 Å². The first-order valence-corrected chi connectivity index (χ1v) is 6.42. The molecule has 2 aromatic rings. The van der Waals surface area contributed by atoms with Crippen LogP contribution in [0.3, 0.4) is 0 Å². The molecular weight excluding hydrogens is 251 g/mol. The Hall–Kier alpha value is -1.75. The number of amides is 1. The van der Waals surface area contributed by atoms with Gasteiger partial charge in [-0.3, -0.25) is 4.79 Å². The van der Waals surface area contributed by atoms with Crippen LogP contribution in [0.25, 0.3) is 0 Å². The molecule has 94 valence electrons. The predicted molar refractivity (Wildman–Crippen MR) is 69.3 cm³/mol. The molecule has 1 amide bonds. The number of thiazole rings is 1. The van der Waals surface area contributed by atoms with Gasteiger partial charge < -0.3 is 5.32 Å². The maximum atomic E-state index is 13.3. The summed E-state index contributed by atoms with van der Waals surface area (Å²) in [5.41, 5.74) is 0.610. The lowest BCUT2D eigenvalue weighted by Gasteiger charge is -2.04. The lowest BCUT2D eigenvalue weighted by atomic mass is 10.1. The van der Waals surface area contributed by atoms with Crippen molar-refractivity contribution >= 4 is 17.2 Å². The number of aromatic nitrogens is 1. The molecule has 0 fully saturated rings. The van der Waals surface area contributed by atoms with E-state index in [1.54, 1.807) is 24.4 Å². The molecule has 1 heterocycles. The van der Waals surface area contributed by atoms with E-state index in [2.05, 4.69) is 10.3 Å². The number of nitrogens with one attached hydrogen (secondary N) is 1. The molecule has 0 saturated carbocycles. The number of hydrogen-bond donors (Lipinski definition) is 1. The molecule has 0 aliphatic carbocycles. The van der Waals surface area contributed by atoms with E-state index in [1.165, 1.54) is 17.4 Å². The fourth-order valence-corrected chi connectivity index (χ4v) is 2.26. The summed E-state index contributed by atoms with van der Waals surface area (Å²) in [6, 6.07) is 6.58. The number of hydrogen-bond acceptors (Lipinski definition) is 3. The van der Waals surface area contributed by atoms with Crippen LogP contribution in [-0.4, -0.2) is 17.4 Å².